The number of rotatable bonds is 7. The molecule has 0 aliphatic rings. The fourth-order valence-corrected chi connectivity index (χ4v) is 3.32. The summed E-state index contributed by atoms with van der Waals surface area (Å²) in [6.45, 7) is 4.20. The van der Waals surface area contributed by atoms with E-state index in [2.05, 4.69) is 16.2 Å². The van der Waals surface area contributed by atoms with Gasteiger partial charge in [0.15, 0.2) is 0 Å². The monoisotopic (exact) mass is 416 g/mol. The Labute approximate surface area is 178 Å². The van der Waals surface area contributed by atoms with Gasteiger partial charge in [-0.1, -0.05) is 5.16 Å². The summed E-state index contributed by atoms with van der Waals surface area (Å²) >= 11 is 0. The highest BCUT2D eigenvalue weighted by Gasteiger charge is 2.15. The zero-order valence-corrected chi connectivity index (χ0v) is 17.1. The Bertz CT molecular complexity index is 1300. The summed E-state index contributed by atoms with van der Waals surface area (Å²) in [6, 6.07) is 14.9. The van der Waals surface area contributed by atoms with E-state index in [-0.39, 0.29) is 12.5 Å². The van der Waals surface area contributed by atoms with Crippen LogP contribution >= 0.6 is 0 Å². The van der Waals surface area contributed by atoms with Crippen LogP contribution in [-0.4, -0.2) is 31.9 Å². The van der Waals surface area contributed by atoms with Crippen LogP contribution in [-0.2, 0) is 11.3 Å². The van der Waals surface area contributed by atoms with Crippen molar-refractivity contribution in [2.75, 3.05) is 0 Å². The van der Waals surface area contributed by atoms with Crippen molar-refractivity contribution in [2.24, 2.45) is 0 Å². The third-order valence-corrected chi connectivity index (χ3v) is 4.73. The summed E-state index contributed by atoms with van der Waals surface area (Å²) in [4.78, 5) is 15.3. The number of hydrogen-bond acceptors (Lipinski definition) is 6. The molecule has 0 spiro atoms. The van der Waals surface area contributed by atoms with Crippen LogP contribution in [0.25, 0.3) is 33.7 Å². The summed E-state index contributed by atoms with van der Waals surface area (Å²) < 4.78 is 13.0. The first-order valence-electron chi connectivity index (χ1n) is 9.80. The normalized spacial score (nSPS) is 11.0. The maximum Gasteiger partial charge on any atom is 0.305 e. The van der Waals surface area contributed by atoms with Crippen molar-refractivity contribution < 1.29 is 19.2 Å². The zero-order chi connectivity index (χ0) is 22.0. The van der Waals surface area contributed by atoms with Crippen LogP contribution in [0.4, 0.5) is 0 Å². The van der Waals surface area contributed by atoms with Crippen LogP contribution < -0.4 is 4.74 Å². The van der Waals surface area contributed by atoms with Gasteiger partial charge in [0, 0.05) is 34.8 Å². The number of aliphatic carboxylic acids is 1. The summed E-state index contributed by atoms with van der Waals surface area (Å²) in [5.74, 6) is 0.415. The molecule has 0 bridgehead atoms. The topological polar surface area (TPSA) is 114 Å². The predicted octanol–water partition coefficient (Wildman–Crippen LogP) is 4.49. The molecule has 0 radical (unpaired) electrons. The molecular formula is C23H20N4O4. The molecule has 31 heavy (non-hydrogen) atoms. The van der Waals surface area contributed by atoms with Gasteiger partial charge in [0.2, 0.25) is 5.82 Å². The van der Waals surface area contributed by atoms with Gasteiger partial charge in [-0.2, -0.15) is 10.2 Å². The standard InChI is InChI=1S/C23H20N4O4/c1-14(2)30-20-6-4-17(12-18(20)13-24)23-25-22(26-31-23)16-3-5-19-15(11-16)7-9-27(19)10-8-21(28)29/h3-7,9,11-12,14H,8,10H2,1-2H3,(H,28,29). The molecule has 2 aromatic carbocycles. The Balaban J connectivity index is 1.61. The summed E-state index contributed by atoms with van der Waals surface area (Å²) in [5, 5.41) is 23.4. The number of benzene rings is 2. The van der Waals surface area contributed by atoms with E-state index in [4.69, 9.17) is 14.4 Å². The van der Waals surface area contributed by atoms with E-state index < -0.39 is 5.97 Å². The average Bonchev–Trinajstić information content (AvgIpc) is 3.39. The van der Waals surface area contributed by atoms with Crippen molar-refractivity contribution in [2.45, 2.75) is 32.9 Å². The van der Waals surface area contributed by atoms with Crippen LogP contribution in [0.1, 0.15) is 25.8 Å². The van der Waals surface area contributed by atoms with Gasteiger partial charge in [-0.05, 0) is 56.3 Å². The lowest BCUT2D eigenvalue weighted by Gasteiger charge is -2.11. The van der Waals surface area contributed by atoms with Crippen molar-refractivity contribution in [3.63, 3.8) is 0 Å². The van der Waals surface area contributed by atoms with E-state index in [1.807, 2.05) is 48.9 Å². The highest BCUT2D eigenvalue weighted by Crippen LogP contribution is 2.29. The molecule has 2 heterocycles. The smallest absolute Gasteiger partial charge is 0.305 e. The van der Waals surface area contributed by atoms with Crippen LogP contribution in [0, 0.1) is 11.3 Å². The Morgan fingerprint density at radius 3 is 2.77 bits per heavy atom. The Hall–Kier alpha value is -4.12. The SMILES string of the molecule is CC(C)Oc1ccc(-c2nc(-c3ccc4c(ccn4CCC(=O)O)c3)no2)cc1C#N. The number of carboxylic acid groups (broad SMARTS) is 1. The minimum atomic E-state index is -0.832. The number of fused-ring (bicyclic) bond motifs is 1. The van der Waals surface area contributed by atoms with Crippen LogP contribution in [0.5, 0.6) is 5.75 Å². The quantitative estimate of drug-likeness (QED) is 0.472. The molecule has 0 saturated carbocycles. The number of hydrogen-bond donors (Lipinski definition) is 1. The third-order valence-electron chi connectivity index (χ3n) is 4.73. The first-order chi connectivity index (χ1) is 14.9. The van der Waals surface area contributed by atoms with Crippen molar-refractivity contribution in [1.82, 2.24) is 14.7 Å². The molecule has 0 aliphatic carbocycles. The van der Waals surface area contributed by atoms with Gasteiger partial charge < -0.3 is 18.9 Å². The second-order valence-electron chi connectivity index (χ2n) is 7.34. The number of carboxylic acids is 1. The van der Waals surface area contributed by atoms with Crippen LogP contribution in [0.2, 0.25) is 0 Å². The van der Waals surface area contributed by atoms with Crippen LogP contribution in [0.15, 0.2) is 53.2 Å². The van der Waals surface area contributed by atoms with E-state index >= 15 is 0 Å². The van der Waals surface area contributed by atoms with Gasteiger partial charge in [0.05, 0.1) is 18.1 Å². The van der Waals surface area contributed by atoms with Gasteiger partial charge in [-0.3, -0.25) is 4.79 Å². The predicted molar refractivity (Wildman–Crippen MR) is 113 cm³/mol. The number of carbonyl (C=O) groups is 1. The summed E-state index contributed by atoms with van der Waals surface area (Å²) in [5.41, 5.74) is 2.74. The fourth-order valence-electron chi connectivity index (χ4n) is 3.32. The molecule has 8 heteroatoms. The largest absolute Gasteiger partial charge is 0.490 e. The number of nitrogens with zero attached hydrogens (tertiary/aromatic N) is 4. The molecule has 4 rings (SSSR count). The number of nitriles is 1. The fraction of sp³-hybridized carbons (Fsp3) is 0.217. The lowest BCUT2D eigenvalue weighted by molar-refractivity contribution is -0.137. The molecule has 156 valence electrons. The van der Waals surface area contributed by atoms with Gasteiger partial charge in [0.1, 0.15) is 11.8 Å². The molecule has 2 aromatic heterocycles. The average molecular weight is 416 g/mol. The molecule has 0 fully saturated rings. The maximum atomic E-state index is 10.8. The first-order valence-corrected chi connectivity index (χ1v) is 9.80. The highest BCUT2D eigenvalue weighted by atomic mass is 16.5. The maximum absolute atomic E-state index is 10.8. The molecule has 0 unspecified atom stereocenters. The van der Waals surface area contributed by atoms with Crippen molar-refractivity contribution >= 4 is 16.9 Å². The first kappa shape index (κ1) is 20.2. The molecule has 4 aromatic rings. The summed E-state index contributed by atoms with van der Waals surface area (Å²) in [7, 11) is 0. The molecule has 0 aliphatic heterocycles. The van der Waals surface area contributed by atoms with Crippen molar-refractivity contribution in [1.29, 1.82) is 5.26 Å². The van der Waals surface area contributed by atoms with Gasteiger partial charge >= 0.3 is 5.97 Å². The van der Waals surface area contributed by atoms with E-state index in [0.29, 0.717) is 35.1 Å². The Morgan fingerprint density at radius 1 is 1.23 bits per heavy atom. The Kier molecular flexibility index (Phi) is 5.41. The zero-order valence-electron chi connectivity index (χ0n) is 17.1. The minimum absolute atomic E-state index is 0.0399. The third kappa shape index (κ3) is 4.26. The second-order valence-corrected chi connectivity index (χ2v) is 7.34. The number of ether oxygens (including phenoxy) is 1. The molecule has 0 atom stereocenters. The lowest BCUT2D eigenvalue weighted by Crippen LogP contribution is -2.06. The van der Waals surface area contributed by atoms with Gasteiger partial charge in [0.25, 0.3) is 5.89 Å². The molecule has 8 nitrogen and oxygen atoms in total. The molecule has 1 N–H and O–H groups in total. The number of aryl methyl sites for hydroxylation is 1. The van der Waals surface area contributed by atoms with Crippen molar-refractivity contribution in [3.05, 3.63) is 54.2 Å². The van der Waals surface area contributed by atoms with E-state index in [9.17, 15) is 10.1 Å². The minimum Gasteiger partial charge on any atom is -0.490 e. The van der Waals surface area contributed by atoms with Crippen LogP contribution in [0.3, 0.4) is 0 Å². The van der Waals surface area contributed by atoms with Gasteiger partial charge in [-0.25, -0.2) is 0 Å². The Morgan fingerprint density at radius 2 is 2.03 bits per heavy atom. The van der Waals surface area contributed by atoms with E-state index in [1.165, 1.54) is 0 Å². The summed E-state index contributed by atoms with van der Waals surface area (Å²) in [6.07, 6.45) is 1.89. The molecule has 0 amide bonds. The molecular weight excluding hydrogens is 396 g/mol. The van der Waals surface area contributed by atoms with E-state index in [0.717, 1.165) is 16.5 Å². The highest BCUT2D eigenvalue weighted by molar-refractivity contribution is 5.85. The lowest BCUT2D eigenvalue weighted by atomic mass is 10.1. The van der Waals surface area contributed by atoms with Gasteiger partial charge in [-0.15, -0.1) is 0 Å². The van der Waals surface area contributed by atoms with Crippen molar-refractivity contribution in [3.8, 4) is 34.7 Å². The molecule has 0 saturated heterocycles. The van der Waals surface area contributed by atoms with E-state index in [1.54, 1.807) is 18.2 Å². The number of aromatic nitrogens is 3. The second kappa shape index (κ2) is 8.32.